The molecule has 0 aliphatic carbocycles. The highest BCUT2D eigenvalue weighted by Gasteiger charge is 2.21. The summed E-state index contributed by atoms with van der Waals surface area (Å²) in [7, 11) is 3.80. The first-order valence-corrected chi connectivity index (χ1v) is 7.60. The minimum atomic E-state index is 0.403. The maximum atomic E-state index is 5.42. The standard InChI is InChI=1S/C11H21N7S/c1-17(2)10-13-9(16-12)14-11(15-10)18-6-4-8(19-3)5-7-18/h8H,4-7,12H2,1-3H3,(H,13,14,15,16). The van der Waals surface area contributed by atoms with Crippen molar-refractivity contribution in [2.75, 3.05) is 48.7 Å². The van der Waals surface area contributed by atoms with Crippen LogP contribution in [0, 0.1) is 0 Å². The number of piperidine rings is 1. The van der Waals surface area contributed by atoms with E-state index in [9.17, 15) is 0 Å². The number of anilines is 3. The van der Waals surface area contributed by atoms with Crippen LogP contribution in [0.1, 0.15) is 12.8 Å². The summed E-state index contributed by atoms with van der Waals surface area (Å²) in [5, 5.41) is 0.749. The van der Waals surface area contributed by atoms with Gasteiger partial charge in [0.25, 0.3) is 0 Å². The van der Waals surface area contributed by atoms with Crippen LogP contribution in [0.25, 0.3) is 0 Å². The molecule has 0 unspecified atom stereocenters. The highest BCUT2D eigenvalue weighted by Crippen LogP contribution is 2.24. The van der Waals surface area contributed by atoms with Gasteiger partial charge in [0.05, 0.1) is 0 Å². The van der Waals surface area contributed by atoms with Gasteiger partial charge in [-0.05, 0) is 19.1 Å². The van der Waals surface area contributed by atoms with Crippen molar-refractivity contribution in [2.45, 2.75) is 18.1 Å². The first-order valence-electron chi connectivity index (χ1n) is 6.31. The number of hydrazine groups is 1. The van der Waals surface area contributed by atoms with Crippen LogP contribution in [0.15, 0.2) is 0 Å². The van der Waals surface area contributed by atoms with Crippen molar-refractivity contribution in [1.29, 1.82) is 0 Å². The number of nitrogen functional groups attached to an aromatic ring is 1. The Kier molecular flexibility index (Phi) is 4.65. The van der Waals surface area contributed by atoms with Gasteiger partial charge < -0.3 is 9.80 Å². The fourth-order valence-corrected chi connectivity index (χ4v) is 2.73. The van der Waals surface area contributed by atoms with E-state index in [1.165, 1.54) is 0 Å². The minimum Gasteiger partial charge on any atom is -0.347 e. The van der Waals surface area contributed by atoms with Crippen LogP contribution in [0.4, 0.5) is 17.8 Å². The Morgan fingerprint density at radius 1 is 1.26 bits per heavy atom. The number of rotatable bonds is 4. The first-order chi connectivity index (χ1) is 9.13. The monoisotopic (exact) mass is 283 g/mol. The maximum absolute atomic E-state index is 5.42. The Balaban J connectivity index is 2.17. The van der Waals surface area contributed by atoms with Crippen molar-refractivity contribution >= 4 is 29.6 Å². The van der Waals surface area contributed by atoms with Crippen molar-refractivity contribution in [3.63, 3.8) is 0 Å². The molecule has 1 aromatic rings. The summed E-state index contributed by atoms with van der Waals surface area (Å²) in [6, 6.07) is 0. The summed E-state index contributed by atoms with van der Waals surface area (Å²) in [5.74, 6) is 7.14. The van der Waals surface area contributed by atoms with E-state index in [2.05, 4.69) is 31.5 Å². The molecule has 0 amide bonds. The lowest BCUT2D eigenvalue weighted by atomic mass is 10.1. The van der Waals surface area contributed by atoms with E-state index >= 15 is 0 Å². The van der Waals surface area contributed by atoms with Crippen molar-refractivity contribution in [3.05, 3.63) is 0 Å². The lowest BCUT2D eigenvalue weighted by Crippen LogP contribution is -2.36. The van der Waals surface area contributed by atoms with Crippen LogP contribution in [-0.4, -0.2) is 53.6 Å². The van der Waals surface area contributed by atoms with Crippen LogP contribution < -0.4 is 21.1 Å². The zero-order chi connectivity index (χ0) is 13.8. The Labute approximate surface area is 118 Å². The van der Waals surface area contributed by atoms with Crippen LogP contribution >= 0.6 is 11.8 Å². The molecule has 3 N–H and O–H groups in total. The molecule has 1 aliphatic rings. The highest BCUT2D eigenvalue weighted by atomic mass is 32.2. The molecule has 8 heteroatoms. The Morgan fingerprint density at radius 3 is 2.47 bits per heavy atom. The van der Waals surface area contributed by atoms with Gasteiger partial charge in [0, 0.05) is 32.4 Å². The van der Waals surface area contributed by atoms with Gasteiger partial charge in [-0.3, -0.25) is 5.43 Å². The Bertz CT molecular complexity index is 418. The number of thioether (sulfide) groups is 1. The largest absolute Gasteiger partial charge is 0.347 e. The molecule has 0 saturated carbocycles. The van der Waals surface area contributed by atoms with Gasteiger partial charge in [-0.2, -0.15) is 26.7 Å². The second-order valence-electron chi connectivity index (χ2n) is 4.72. The lowest BCUT2D eigenvalue weighted by molar-refractivity contribution is 0.580. The molecule has 0 radical (unpaired) electrons. The van der Waals surface area contributed by atoms with E-state index in [1.807, 2.05) is 30.8 Å². The fourth-order valence-electron chi connectivity index (χ4n) is 2.05. The topological polar surface area (TPSA) is 83.2 Å². The summed E-state index contributed by atoms with van der Waals surface area (Å²) in [5.41, 5.74) is 2.50. The molecule has 1 fully saturated rings. The predicted molar refractivity (Wildman–Crippen MR) is 80.7 cm³/mol. The second kappa shape index (κ2) is 6.25. The molecule has 1 aromatic heterocycles. The number of nitrogens with one attached hydrogen (secondary N) is 1. The van der Waals surface area contributed by atoms with Crippen molar-refractivity contribution in [1.82, 2.24) is 15.0 Å². The third kappa shape index (κ3) is 3.38. The van der Waals surface area contributed by atoms with Crippen molar-refractivity contribution in [3.8, 4) is 0 Å². The molecule has 19 heavy (non-hydrogen) atoms. The molecule has 0 atom stereocenters. The van der Waals surface area contributed by atoms with E-state index in [0.29, 0.717) is 17.8 Å². The van der Waals surface area contributed by atoms with Crippen LogP contribution in [0.3, 0.4) is 0 Å². The average molecular weight is 283 g/mol. The van der Waals surface area contributed by atoms with E-state index in [-0.39, 0.29) is 0 Å². The number of aromatic nitrogens is 3. The Morgan fingerprint density at radius 2 is 1.95 bits per heavy atom. The van der Waals surface area contributed by atoms with Gasteiger partial charge in [0.15, 0.2) is 0 Å². The molecule has 2 rings (SSSR count). The molecular formula is C11H21N7S. The van der Waals surface area contributed by atoms with E-state index in [1.54, 1.807) is 0 Å². The number of hydrogen-bond acceptors (Lipinski definition) is 8. The van der Waals surface area contributed by atoms with E-state index in [4.69, 9.17) is 5.84 Å². The molecular weight excluding hydrogens is 262 g/mol. The van der Waals surface area contributed by atoms with Crippen LogP contribution in [0.2, 0.25) is 0 Å². The van der Waals surface area contributed by atoms with Gasteiger partial charge in [-0.25, -0.2) is 5.84 Å². The normalized spacial score (nSPS) is 16.5. The summed E-state index contributed by atoms with van der Waals surface area (Å²) in [6.45, 7) is 1.96. The van der Waals surface area contributed by atoms with Gasteiger partial charge in [-0.1, -0.05) is 0 Å². The molecule has 0 bridgehead atoms. The second-order valence-corrected chi connectivity index (χ2v) is 5.86. The quantitative estimate of drug-likeness (QED) is 0.612. The smallest absolute Gasteiger partial charge is 0.243 e. The van der Waals surface area contributed by atoms with Gasteiger partial charge >= 0.3 is 0 Å². The number of nitrogens with two attached hydrogens (primary N) is 1. The molecule has 106 valence electrons. The highest BCUT2D eigenvalue weighted by molar-refractivity contribution is 7.99. The van der Waals surface area contributed by atoms with Gasteiger partial charge in [-0.15, -0.1) is 0 Å². The zero-order valence-corrected chi connectivity index (χ0v) is 12.4. The van der Waals surface area contributed by atoms with E-state index in [0.717, 1.165) is 31.2 Å². The molecule has 7 nitrogen and oxygen atoms in total. The van der Waals surface area contributed by atoms with Crippen molar-refractivity contribution in [2.24, 2.45) is 5.84 Å². The molecule has 1 aliphatic heterocycles. The summed E-state index contributed by atoms with van der Waals surface area (Å²) < 4.78 is 0. The average Bonchev–Trinajstić information content (AvgIpc) is 2.46. The third-order valence-electron chi connectivity index (χ3n) is 3.20. The predicted octanol–water partition coefficient (Wildman–Crippen LogP) is 0.555. The SMILES string of the molecule is CSC1CCN(c2nc(NN)nc(N(C)C)n2)CC1. The minimum absolute atomic E-state index is 0.403. The third-order valence-corrected chi connectivity index (χ3v) is 4.34. The Hall–Kier alpha value is -1.28. The van der Waals surface area contributed by atoms with Crippen LogP contribution in [0.5, 0.6) is 0 Å². The van der Waals surface area contributed by atoms with Crippen molar-refractivity contribution < 1.29 is 0 Å². The summed E-state index contributed by atoms with van der Waals surface area (Å²) in [6.07, 6.45) is 4.49. The first kappa shape index (κ1) is 14.1. The maximum Gasteiger partial charge on any atom is 0.243 e. The van der Waals surface area contributed by atoms with Gasteiger partial charge in [0.1, 0.15) is 0 Å². The summed E-state index contributed by atoms with van der Waals surface area (Å²) >= 11 is 1.94. The fraction of sp³-hybridized carbons (Fsp3) is 0.727. The summed E-state index contributed by atoms with van der Waals surface area (Å²) in [4.78, 5) is 17.1. The van der Waals surface area contributed by atoms with Gasteiger partial charge in [0.2, 0.25) is 17.8 Å². The molecule has 1 saturated heterocycles. The molecule has 0 spiro atoms. The zero-order valence-electron chi connectivity index (χ0n) is 11.6. The lowest BCUT2D eigenvalue weighted by Gasteiger charge is -2.31. The molecule has 2 heterocycles. The number of nitrogens with zero attached hydrogens (tertiary/aromatic N) is 5. The molecule has 0 aromatic carbocycles. The number of hydrogen-bond donors (Lipinski definition) is 2. The van der Waals surface area contributed by atoms with Crippen LogP contribution in [-0.2, 0) is 0 Å². The van der Waals surface area contributed by atoms with E-state index < -0.39 is 0 Å².